The van der Waals surface area contributed by atoms with Crippen LogP contribution in [0.3, 0.4) is 0 Å². The molecule has 0 spiro atoms. The summed E-state index contributed by atoms with van der Waals surface area (Å²) in [6.07, 6.45) is 4.19. The van der Waals surface area contributed by atoms with Gasteiger partial charge in [0.1, 0.15) is 12.2 Å². The van der Waals surface area contributed by atoms with Crippen LogP contribution in [0.25, 0.3) is 10.9 Å². The fraction of sp³-hybridized carbons (Fsp3) is 0.476. The van der Waals surface area contributed by atoms with Gasteiger partial charge in [-0.15, -0.1) is 0 Å². The quantitative estimate of drug-likeness (QED) is 0.488. The molecule has 0 amide bonds. The summed E-state index contributed by atoms with van der Waals surface area (Å²) in [6.45, 7) is 9.43. The SMILES string of the molecule is Cc1c(NCCCN2C=NCC2)c2c3c(c1N)c(=O)c(C(=O)O)cn3C(C)(C)CO2. The number of nitrogens with zero attached hydrogens (tertiary/aromatic N) is 3. The topological polar surface area (TPSA) is 122 Å². The summed E-state index contributed by atoms with van der Waals surface area (Å²) in [5, 5.41) is 13.2. The predicted octanol–water partition coefficient (Wildman–Crippen LogP) is 1.86. The number of aromatic carboxylic acids is 1. The van der Waals surface area contributed by atoms with Gasteiger partial charge in [0.15, 0.2) is 5.75 Å². The van der Waals surface area contributed by atoms with Gasteiger partial charge in [-0.2, -0.15) is 0 Å². The molecular formula is C21H27N5O4. The molecule has 0 saturated heterocycles. The zero-order chi connectivity index (χ0) is 21.6. The van der Waals surface area contributed by atoms with E-state index in [-0.39, 0.29) is 16.6 Å². The molecule has 0 bridgehead atoms. The zero-order valence-electron chi connectivity index (χ0n) is 17.5. The van der Waals surface area contributed by atoms with E-state index in [2.05, 4.69) is 15.2 Å². The van der Waals surface area contributed by atoms with Crippen LogP contribution in [0, 0.1) is 6.92 Å². The Balaban J connectivity index is 1.80. The fourth-order valence-electron chi connectivity index (χ4n) is 4.08. The highest BCUT2D eigenvalue weighted by atomic mass is 16.5. The fourth-order valence-corrected chi connectivity index (χ4v) is 4.08. The van der Waals surface area contributed by atoms with E-state index in [1.54, 1.807) is 0 Å². The van der Waals surface area contributed by atoms with Crippen molar-refractivity contribution >= 4 is 34.6 Å². The first-order chi connectivity index (χ1) is 14.2. The minimum Gasteiger partial charge on any atom is -0.487 e. The Morgan fingerprint density at radius 3 is 2.87 bits per heavy atom. The summed E-state index contributed by atoms with van der Waals surface area (Å²) in [7, 11) is 0. The lowest BCUT2D eigenvalue weighted by molar-refractivity contribution is 0.0693. The van der Waals surface area contributed by atoms with Gasteiger partial charge in [0.2, 0.25) is 5.43 Å². The average Bonchev–Trinajstić information content (AvgIpc) is 3.20. The molecule has 9 nitrogen and oxygen atoms in total. The number of nitrogen functional groups attached to an aromatic ring is 1. The van der Waals surface area contributed by atoms with Crippen molar-refractivity contribution in [3.05, 3.63) is 27.5 Å². The van der Waals surface area contributed by atoms with Gasteiger partial charge in [-0.3, -0.25) is 9.79 Å². The molecule has 9 heteroatoms. The van der Waals surface area contributed by atoms with Gasteiger partial charge in [-0.1, -0.05) is 0 Å². The highest BCUT2D eigenvalue weighted by Gasteiger charge is 2.34. The smallest absolute Gasteiger partial charge is 0.341 e. The van der Waals surface area contributed by atoms with Crippen LogP contribution in [-0.4, -0.2) is 59.7 Å². The molecule has 4 N–H and O–H groups in total. The summed E-state index contributed by atoms with van der Waals surface area (Å²) in [5.41, 5.74) is 7.23. The Hall–Kier alpha value is -3.23. The van der Waals surface area contributed by atoms with Crippen LogP contribution in [-0.2, 0) is 5.54 Å². The van der Waals surface area contributed by atoms with E-state index in [1.807, 2.05) is 31.7 Å². The Bertz CT molecular complexity index is 1120. The van der Waals surface area contributed by atoms with E-state index in [9.17, 15) is 14.7 Å². The van der Waals surface area contributed by atoms with Crippen molar-refractivity contribution in [1.82, 2.24) is 9.47 Å². The second-order valence-corrected chi connectivity index (χ2v) is 8.45. The Morgan fingerprint density at radius 2 is 2.20 bits per heavy atom. The number of nitrogens with one attached hydrogen (secondary N) is 1. The lowest BCUT2D eigenvalue weighted by Gasteiger charge is -2.37. The molecule has 0 unspecified atom stereocenters. The number of aromatic nitrogens is 1. The molecule has 0 fully saturated rings. The van der Waals surface area contributed by atoms with Crippen LogP contribution >= 0.6 is 0 Å². The van der Waals surface area contributed by atoms with Crippen LogP contribution in [0.15, 0.2) is 16.0 Å². The predicted molar refractivity (Wildman–Crippen MR) is 117 cm³/mol. The van der Waals surface area contributed by atoms with Gasteiger partial charge in [-0.25, -0.2) is 4.79 Å². The van der Waals surface area contributed by atoms with Crippen molar-refractivity contribution in [2.45, 2.75) is 32.7 Å². The third-order valence-corrected chi connectivity index (χ3v) is 5.84. The van der Waals surface area contributed by atoms with Crippen LogP contribution in [0.4, 0.5) is 11.4 Å². The number of aliphatic imine (C=N–C) groups is 1. The van der Waals surface area contributed by atoms with E-state index >= 15 is 0 Å². The number of hydrogen-bond acceptors (Lipinski definition) is 7. The van der Waals surface area contributed by atoms with Gasteiger partial charge in [0, 0.05) is 25.8 Å². The molecule has 0 radical (unpaired) electrons. The van der Waals surface area contributed by atoms with Crippen LogP contribution in [0.5, 0.6) is 5.75 Å². The van der Waals surface area contributed by atoms with Gasteiger partial charge in [0.25, 0.3) is 0 Å². The van der Waals surface area contributed by atoms with Crippen molar-refractivity contribution in [2.24, 2.45) is 4.99 Å². The third kappa shape index (κ3) is 3.14. The van der Waals surface area contributed by atoms with E-state index < -0.39 is 16.9 Å². The molecule has 0 saturated carbocycles. The maximum atomic E-state index is 12.9. The number of hydrogen-bond donors (Lipinski definition) is 3. The van der Waals surface area contributed by atoms with Crippen LogP contribution in [0.2, 0.25) is 0 Å². The number of ether oxygens (including phenoxy) is 1. The molecule has 160 valence electrons. The Kier molecular flexibility index (Phi) is 4.83. The molecular weight excluding hydrogens is 386 g/mol. The number of pyridine rings is 1. The third-order valence-electron chi connectivity index (χ3n) is 5.84. The number of benzene rings is 1. The number of carboxylic acids is 1. The number of anilines is 2. The summed E-state index contributed by atoms with van der Waals surface area (Å²) in [5.74, 6) is -0.716. The van der Waals surface area contributed by atoms with Gasteiger partial charge in [0.05, 0.1) is 40.7 Å². The minimum atomic E-state index is -1.26. The highest BCUT2D eigenvalue weighted by Crippen LogP contribution is 2.44. The first-order valence-corrected chi connectivity index (χ1v) is 10.1. The molecule has 0 atom stereocenters. The molecule has 2 aliphatic rings. The number of rotatable bonds is 6. The van der Waals surface area contributed by atoms with Crippen molar-refractivity contribution in [2.75, 3.05) is 43.8 Å². The number of nitrogens with two attached hydrogens (primary N) is 1. The first-order valence-electron chi connectivity index (χ1n) is 10.1. The normalized spacial score (nSPS) is 16.7. The van der Waals surface area contributed by atoms with Gasteiger partial charge in [-0.05, 0) is 32.8 Å². The van der Waals surface area contributed by atoms with Crippen molar-refractivity contribution in [3.63, 3.8) is 0 Å². The lowest BCUT2D eigenvalue weighted by atomic mass is 9.97. The van der Waals surface area contributed by atoms with Crippen LogP contribution in [0.1, 0.15) is 36.2 Å². The second-order valence-electron chi connectivity index (χ2n) is 8.45. The Morgan fingerprint density at radius 1 is 1.43 bits per heavy atom. The van der Waals surface area contributed by atoms with Crippen molar-refractivity contribution in [1.29, 1.82) is 0 Å². The first kappa shape index (κ1) is 20.1. The van der Waals surface area contributed by atoms with E-state index in [0.717, 1.165) is 31.7 Å². The maximum Gasteiger partial charge on any atom is 0.341 e. The standard InChI is InChI=1S/C21H27N5O4/c1-12-15(22)14-17-19(16(12)24-5-4-7-25-8-6-23-11-25)30-10-21(2,3)26(17)9-13(18(14)27)20(28)29/h9,11,24H,4-8,10,22H2,1-3H3,(H,28,29). The van der Waals surface area contributed by atoms with E-state index in [4.69, 9.17) is 10.5 Å². The van der Waals surface area contributed by atoms with Crippen LogP contribution < -0.4 is 21.2 Å². The minimum absolute atomic E-state index is 0.203. The molecule has 4 rings (SSSR count). The van der Waals surface area contributed by atoms with E-state index in [1.165, 1.54) is 6.20 Å². The molecule has 2 aliphatic heterocycles. The lowest BCUT2D eigenvalue weighted by Crippen LogP contribution is -2.39. The number of carboxylic acid groups (broad SMARTS) is 1. The molecule has 1 aromatic carbocycles. The van der Waals surface area contributed by atoms with Crippen molar-refractivity contribution in [3.8, 4) is 5.75 Å². The second kappa shape index (κ2) is 7.23. The molecule has 0 aliphatic carbocycles. The van der Waals surface area contributed by atoms with Gasteiger partial charge < -0.3 is 30.4 Å². The Labute approximate surface area is 174 Å². The maximum absolute atomic E-state index is 12.9. The number of carbonyl (C=O) groups is 1. The molecule has 3 heterocycles. The summed E-state index contributed by atoms with van der Waals surface area (Å²) >= 11 is 0. The molecule has 30 heavy (non-hydrogen) atoms. The largest absolute Gasteiger partial charge is 0.487 e. The summed E-state index contributed by atoms with van der Waals surface area (Å²) in [4.78, 5) is 31.0. The highest BCUT2D eigenvalue weighted by molar-refractivity contribution is 6.04. The summed E-state index contributed by atoms with van der Waals surface area (Å²) < 4.78 is 7.92. The van der Waals surface area contributed by atoms with Gasteiger partial charge >= 0.3 is 5.97 Å². The average molecular weight is 413 g/mol. The molecule has 1 aromatic heterocycles. The van der Waals surface area contributed by atoms with E-state index in [0.29, 0.717) is 30.0 Å². The zero-order valence-corrected chi connectivity index (χ0v) is 17.5. The molecule has 2 aromatic rings. The summed E-state index contributed by atoms with van der Waals surface area (Å²) in [6, 6.07) is 0. The van der Waals surface area contributed by atoms with Crippen molar-refractivity contribution < 1.29 is 14.6 Å². The monoisotopic (exact) mass is 413 g/mol.